The molecule has 1 aliphatic rings. The Morgan fingerprint density at radius 2 is 2.00 bits per heavy atom. The summed E-state index contributed by atoms with van der Waals surface area (Å²) in [6, 6.07) is 0. The van der Waals surface area contributed by atoms with Crippen LogP contribution in [0.3, 0.4) is 0 Å². The zero-order valence-corrected chi connectivity index (χ0v) is 13.3. The molecule has 9 heavy (non-hydrogen) atoms. The van der Waals surface area contributed by atoms with Crippen molar-refractivity contribution in [2.75, 3.05) is 6.61 Å². The van der Waals surface area contributed by atoms with E-state index in [1.165, 1.54) is 25.0 Å². The van der Waals surface area contributed by atoms with E-state index >= 15 is 0 Å². The van der Waals surface area contributed by atoms with Gasteiger partial charge in [0.05, 0.1) is 0 Å². The Bertz CT molecular complexity index is 58.9. The third-order valence-corrected chi connectivity index (χ3v) is 2.06. The fourth-order valence-corrected chi connectivity index (χ4v) is 1.35. The third-order valence-electron chi connectivity index (χ3n) is 1.27. The molecule has 1 rings (SSSR count). The molecule has 50 valence electrons. The second-order valence-corrected chi connectivity index (χ2v) is 3.12. The van der Waals surface area contributed by atoms with Gasteiger partial charge in [0.25, 0.3) is 0 Å². The number of ether oxygens (including phenoxy) is 1. The monoisotopic (exact) mass is 345 g/mol. The average molecular weight is 347 g/mol. The average Bonchev–Trinajstić information content (AvgIpc) is 1.69. The Kier molecular flexibility index (Phi) is 13.3. The van der Waals surface area contributed by atoms with Crippen LogP contribution in [0.25, 0.3) is 0 Å². The SMILES string of the molecule is [Ce].[SiH3][C-]1CCCCO1.[Zr]. The quantitative estimate of drug-likeness (QED) is 0.445. The fraction of sp³-hybridized carbons (Fsp3) is 0.800. The summed E-state index contributed by atoms with van der Waals surface area (Å²) < 4.78 is 5.26. The summed E-state index contributed by atoms with van der Waals surface area (Å²) >= 11 is 0. The summed E-state index contributed by atoms with van der Waals surface area (Å²) in [4.78, 5) is 0. The van der Waals surface area contributed by atoms with Gasteiger partial charge in [-0.15, -0.1) is 10.2 Å². The maximum absolute atomic E-state index is 5.26. The molecule has 0 aliphatic carbocycles. The Morgan fingerprint density at radius 1 is 1.33 bits per heavy atom. The molecule has 1 aliphatic heterocycles. The first-order valence-electron chi connectivity index (χ1n) is 2.85. The van der Waals surface area contributed by atoms with Gasteiger partial charge >= 0.3 is 0 Å². The van der Waals surface area contributed by atoms with Gasteiger partial charge in [0, 0.05) is 74.6 Å². The summed E-state index contributed by atoms with van der Waals surface area (Å²) in [7, 11) is 1.15. The van der Waals surface area contributed by atoms with Gasteiger partial charge in [0.2, 0.25) is 0 Å². The van der Waals surface area contributed by atoms with Crippen LogP contribution < -0.4 is 0 Å². The van der Waals surface area contributed by atoms with Crippen LogP contribution in [-0.4, -0.2) is 16.8 Å². The molecule has 0 aromatic carbocycles. The first-order valence-corrected chi connectivity index (χ1v) is 3.85. The molecule has 1 heterocycles. The predicted molar refractivity (Wildman–Crippen MR) is 33.0 cm³/mol. The maximum Gasteiger partial charge on any atom is 0.0111 e. The molecule has 0 spiro atoms. The molecule has 4 heteroatoms. The van der Waals surface area contributed by atoms with Crippen LogP contribution >= 0.6 is 0 Å². The number of hydrogen-bond acceptors (Lipinski definition) is 1. The second-order valence-electron chi connectivity index (χ2n) is 2.01. The van der Waals surface area contributed by atoms with Crippen LogP contribution in [0.5, 0.6) is 0 Å². The van der Waals surface area contributed by atoms with Crippen molar-refractivity contribution in [3.63, 3.8) is 0 Å². The van der Waals surface area contributed by atoms with Gasteiger partial charge < -0.3 is 4.74 Å². The molecule has 0 aromatic heterocycles. The van der Waals surface area contributed by atoms with E-state index in [0.717, 1.165) is 16.8 Å². The third kappa shape index (κ3) is 6.82. The molecule has 1 fully saturated rings. The molecule has 0 N–H and O–H groups in total. The molecule has 0 bridgehead atoms. The van der Waals surface area contributed by atoms with Crippen molar-refractivity contribution >= 4 is 10.2 Å². The molecule has 1 nitrogen and oxygen atoms in total. The van der Waals surface area contributed by atoms with Gasteiger partial charge in [-0.05, 0) is 6.42 Å². The topological polar surface area (TPSA) is 9.23 Å². The predicted octanol–water partition coefficient (Wildman–Crippen LogP) is 0.0393. The van der Waals surface area contributed by atoms with Gasteiger partial charge in [0.1, 0.15) is 0 Å². The Morgan fingerprint density at radius 3 is 2.22 bits per heavy atom. The number of hydrogen-bond donors (Lipinski definition) is 0. The van der Waals surface area contributed by atoms with Crippen molar-refractivity contribution in [3.8, 4) is 0 Å². The van der Waals surface area contributed by atoms with Crippen LogP contribution in [0, 0.1) is 47.5 Å². The Labute approximate surface area is 113 Å². The van der Waals surface area contributed by atoms with E-state index in [9.17, 15) is 0 Å². The summed E-state index contributed by atoms with van der Waals surface area (Å²) in [6.45, 7) is 0.985. The minimum atomic E-state index is 0. The van der Waals surface area contributed by atoms with Crippen LogP contribution in [0.15, 0.2) is 0 Å². The van der Waals surface area contributed by atoms with E-state index in [-0.39, 0.29) is 68.0 Å². The smallest absolute Gasteiger partial charge is 0.0111 e. The summed E-state index contributed by atoms with van der Waals surface area (Å²) in [5.74, 6) is 0. The molecule has 0 atom stereocenters. The fourth-order valence-electron chi connectivity index (χ4n) is 0.795. The van der Waals surface area contributed by atoms with E-state index in [1.54, 1.807) is 0 Å². The van der Waals surface area contributed by atoms with Gasteiger partial charge in [-0.2, -0.15) is 6.42 Å². The zero-order valence-electron chi connectivity index (χ0n) is 5.74. The first-order chi connectivity index (χ1) is 3.39. The standard InChI is InChI=1S/C5H11OSi.Ce.Zr/c7-5-3-1-2-4-6-5;;/h1-4H2,7H3;;/q-1;;. The van der Waals surface area contributed by atoms with Crippen molar-refractivity contribution < 1.29 is 72.7 Å². The molecular formula is C5H11CeOSiZr-. The van der Waals surface area contributed by atoms with Gasteiger partial charge in [-0.1, -0.05) is 6.42 Å². The van der Waals surface area contributed by atoms with Crippen LogP contribution in [0.1, 0.15) is 19.3 Å². The van der Waals surface area contributed by atoms with E-state index in [2.05, 4.69) is 0 Å². The first kappa shape index (κ1) is 14.0. The van der Waals surface area contributed by atoms with E-state index < -0.39 is 0 Å². The molecule has 1 saturated heterocycles. The second kappa shape index (κ2) is 8.53. The summed E-state index contributed by atoms with van der Waals surface area (Å²) in [6.07, 6.45) is 3.87. The van der Waals surface area contributed by atoms with Crippen molar-refractivity contribution in [2.45, 2.75) is 19.3 Å². The van der Waals surface area contributed by atoms with Crippen molar-refractivity contribution in [3.05, 3.63) is 5.73 Å². The molecule has 0 aromatic rings. The van der Waals surface area contributed by atoms with Gasteiger partial charge in [-0.3, -0.25) is 0 Å². The Balaban J connectivity index is 0. The van der Waals surface area contributed by atoms with Gasteiger partial charge in [-0.25, -0.2) is 5.73 Å². The van der Waals surface area contributed by atoms with E-state index in [0.29, 0.717) is 0 Å². The Hall–Kier alpha value is 2.44. The summed E-state index contributed by atoms with van der Waals surface area (Å²) in [5.41, 5.74) is 1.35. The summed E-state index contributed by atoms with van der Waals surface area (Å²) in [5, 5.41) is 0. The zero-order chi connectivity index (χ0) is 5.11. The van der Waals surface area contributed by atoms with Crippen LogP contribution in [0.2, 0.25) is 0 Å². The molecular weight excluding hydrogens is 335 g/mol. The maximum atomic E-state index is 5.26. The normalized spacial score (nSPS) is 20.0. The molecule has 0 saturated carbocycles. The minimum absolute atomic E-state index is 0. The van der Waals surface area contributed by atoms with Gasteiger partial charge in [0.15, 0.2) is 0 Å². The largest absolute Gasteiger partial charge is 0.551 e. The molecule has 0 unspecified atom stereocenters. The number of rotatable bonds is 0. The molecule has 0 amide bonds. The van der Waals surface area contributed by atoms with E-state index in [4.69, 9.17) is 4.74 Å². The van der Waals surface area contributed by atoms with Crippen LogP contribution in [-0.2, 0) is 30.9 Å². The van der Waals surface area contributed by atoms with Crippen molar-refractivity contribution in [1.29, 1.82) is 0 Å². The van der Waals surface area contributed by atoms with Crippen LogP contribution in [0.4, 0.5) is 0 Å². The van der Waals surface area contributed by atoms with Crippen molar-refractivity contribution in [2.24, 2.45) is 0 Å². The van der Waals surface area contributed by atoms with E-state index in [1.807, 2.05) is 0 Å². The molecule has 0 radical (unpaired) electrons. The minimum Gasteiger partial charge on any atom is -0.551 e. The van der Waals surface area contributed by atoms with Crippen molar-refractivity contribution in [1.82, 2.24) is 0 Å².